The van der Waals surface area contributed by atoms with Gasteiger partial charge in [0, 0.05) is 0 Å². The maximum Gasteiger partial charge on any atom is 0.408 e. The minimum atomic E-state index is -0.686. The first kappa shape index (κ1) is 12.9. The fourth-order valence-corrected chi connectivity index (χ4v) is 2.03. The summed E-state index contributed by atoms with van der Waals surface area (Å²) in [7, 11) is 0. The van der Waals surface area contributed by atoms with Crippen molar-refractivity contribution in [2.75, 3.05) is 0 Å². The quantitative estimate of drug-likeness (QED) is 0.759. The normalized spacial score (nSPS) is 21.7. The van der Waals surface area contributed by atoms with E-state index in [2.05, 4.69) is 5.32 Å². The molecule has 2 aliphatic carbocycles. The van der Waals surface area contributed by atoms with E-state index in [-0.39, 0.29) is 6.10 Å². The Morgan fingerprint density at radius 2 is 2.28 bits per heavy atom. The van der Waals surface area contributed by atoms with Crippen LogP contribution in [0.15, 0.2) is 23.8 Å². The molecule has 0 aromatic carbocycles. The molecule has 4 nitrogen and oxygen atoms in total. The monoisotopic (exact) mass is 248 g/mol. The van der Waals surface area contributed by atoms with Crippen LogP contribution in [-0.2, 0) is 9.53 Å². The second kappa shape index (κ2) is 5.85. The molecular formula is C14H18NO3. The van der Waals surface area contributed by atoms with Gasteiger partial charge in [0.05, 0.1) is 0 Å². The topological polar surface area (TPSA) is 55.4 Å². The number of hydrogen-bond acceptors (Lipinski definition) is 3. The Labute approximate surface area is 107 Å². The molecule has 1 fully saturated rings. The van der Waals surface area contributed by atoms with Gasteiger partial charge in [0.25, 0.3) is 0 Å². The first-order valence-corrected chi connectivity index (χ1v) is 6.39. The number of ether oxygens (including phenoxy) is 1. The van der Waals surface area contributed by atoms with E-state index in [0.29, 0.717) is 12.3 Å². The average molecular weight is 248 g/mol. The smallest absolute Gasteiger partial charge is 0.408 e. The van der Waals surface area contributed by atoms with Gasteiger partial charge in [-0.15, -0.1) is 0 Å². The Morgan fingerprint density at radius 3 is 2.83 bits per heavy atom. The Morgan fingerprint density at radius 1 is 1.50 bits per heavy atom. The number of carbonyl (C=O) groups excluding carboxylic acids is 2. The predicted molar refractivity (Wildman–Crippen MR) is 67.7 cm³/mol. The van der Waals surface area contributed by atoms with Crippen LogP contribution >= 0.6 is 0 Å². The molecule has 97 valence electrons. The third-order valence-corrected chi connectivity index (χ3v) is 3.37. The fourth-order valence-electron chi connectivity index (χ4n) is 2.03. The summed E-state index contributed by atoms with van der Waals surface area (Å²) in [5.41, 5.74) is 0.878. The minimum absolute atomic E-state index is 0.0717. The zero-order valence-corrected chi connectivity index (χ0v) is 10.5. The van der Waals surface area contributed by atoms with Crippen molar-refractivity contribution in [3.8, 4) is 0 Å². The van der Waals surface area contributed by atoms with Crippen LogP contribution < -0.4 is 5.32 Å². The lowest BCUT2D eigenvalue weighted by atomic mass is 9.99. The van der Waals surface area contributed by atoms with Gasteiger partial charge in [-0.3, -0.25) is 4.79 Å². The number of amides is 1. The number of carbonyl (C=O) groups is 1. The molecule has 1 amide bonds. The molecule has 0 saturated heterocycles. The molecule has 0 heterocycles. The highest BCUT2D eigenvalue weighted by atomic mass is 16.6. The van der Waals surface area contributed by atoms with Gasteiger partial charge in [0.2, 0.25) is 6.29 Å². The van der Waals surface area contributed by atoms with Crippen molar-refractivity contribution in [1.29, 1.82) is 0 Å². The molecule has 1 N–H and O–H groups in total. The summed E-state index contributed by atoms with van der Waals surface area (Å²) in [6.45, 7) is 1.89. The molecule has 2 atom stereocenters. The molecule has 0 aliphatic heterocycles. The standard InChI is InChI=1S/C14H18NO3/c1-10(11-7-8-11)18-14(17)15-13(9-16)12-5-3-2-4-6-12/h2-3,6,10-11,13H,4-5,7-8H2,1H3,(H,15,17). The van der Waals surface area contributed by atoms with Crippen LogP contribution in [0.25, 0.3) is 0 Å². The predicted octanol–water partition coefficient (Wildman–Crippen LogP) is 2.27. The summed E-state index contributed by atoms with van der Waals surface area (Å²) >= 11 is 0. The van der Waals surface area contributed by atoms with Crippen LogP contribution in [-0.4, -0.2) is 24.5 Å². The van der Waals surface area contributed by atoms with Crippen LogP contribution in [0.5, 0.6) is 0 Å². The summed E-state index contributed by atoms with van der Waals surface area (Å²) in [6, 6.07) is -0.686. The molecular weight excluding hydrogens is 230 g/mol. The summed E-state index contributed by atoms with van der Waals surface area (Å²) in [4.78, 5) is 22.6. The first-order chi connectivity index (χ1) is 8.70. The second-order valence-corrected chi connectivity index (χ2v) is 4.83. The fraction of sp³-hybridized carbons (Fsp3) is 0.571. The van der Waals surface area contributed by atoms with Crippen LogP contribution in [0.1, 0.15) is 32.6 Å². The van der Waals surface area contributed by atoms with Crippen molar-refractivity contribution in [2.24, 2.45) is 5.92 Å². The molecule has 0 aromatic rings. The van der Waals surface area contributed by atoms with Gasteiger partial charge >= 0.3 is 6.09 Å². The zero-order chi connectivity index (χ0) is 13.0. The third kappa shape index (κ3) is 3.45. The van der Waals surface area contributed by atoms with Crippen LogP contribution in [0.4, 0.5) is 4.79 Å². The molecule has 2 unspecified atom stereocenters. The molecule has 0 aromatic heterocycles. The zero-order valence-electron chi connectivity index (χ0n) is 10.5. The highest BCUT2D eigenvalue weighted by molar-refractivity contribution is 5.76. The summed E-state index contributed by atoms with van der Waals surface area (Å²) in [6.07, 6.45) is 10.9. The van der Waals surface area contributed by atoms with Crippen molar-refractivity contribution in [1.82, 2.24) is 5.32 Å². The van der Waals surface area contributed by atoms with Crippen molar-refractivity contribution >= 4 is 12.4 Å². The Kier molecular flexibility index (Phi) is 4.18. The summed E-state index contributed by atoms with van der Waals surface area (Å²) < 4.78 is 5.22. The average Bonchev–Trinajstić information content (AvgIpc) is 3.21. The van der Waals surface area contributed by atoms with Crippen molar-refractivity contribution in [2.45, 2.75) is 44.8 Å². The van der Waals surface area contributed by atoms with Crippen molar-refractivity contribution < 1.29 is 14.3 Å². The summed E-state index contributed by atoms with van der Waals surface area (Å²) in [5.74, 6) is 0.492. The highest BCUT2D eigenvalue weighted by Crippen LogP contribution is 2.34. The molecule has 2 aliphatic rings. The lowest BCUT2D eigenvalue weighted by molar-refractivity contribution is 0.0948. The third-order valence-electron chi connectivity index (χ3n) is 3.37. The Hall–Kier alpha value is -1.58. The number of allylic oxidation sites excluding steroid dienone is 3. The summed E-state index contributed by atoms with van der Waals surface area (Å²) in [5, 5.41) is 2.56. The van der Waals surface area contributed by atoms with E-state index in [1.807, 2.05) is 31.4 Å². The first-order valence-electron chi connectivity index (χ1n) is 6.39. The van der Waals surface area contributed by atoms with Gasteiger partial charge < -0.3 is 10.1 Å². The molecule has 2 rings (SSSR count). The lowest BCUT2D eigenvalue weighted by Gasteiger charge is -2.18. The van der Waals surface area contributed by atoms with E-state index in [9.17, 15) is 9.59 Å². The molecule has 1 radical (unpaired) electrons. The number of hydrogen-bond donors (Lipinski definition) is 1. The maximum absolute atomic E-state index is 11.6. The largest absolute Gasteiger partial charge is 0.446 e. The van der Waals surface area contributed by atoms with Gasteiger partial charge in [-0.05, 0) is 44.1 Å². The van der Waals surface area contributed by atoms with E-state index >= 15 is 0 Å². The van der Waals surface area contributed by atoms with Gasteiger partial charge in [0.15, 0.2) is 0 Å². The van der Waals surface area contributed by atoms with Crippen LogP contribution in [0, 0.1) is 5.92 Å². The van der Waals surface area contributed by atoms with Gasteiger partial charge in [-0.1, -0.05) is 18.2 Å². The Balaban J connectivity index is 1.83. The minimum Gasteiger partial charge on any atom is -0.446 e. The molecule has 0 spiro atoms. The maximum atomic E-state index is 11.6. The molecule has 1 saturated carbocycles. The van der Waals surface area contributed by atoms with Gasteiger partial charge in [-0.25, -0.2) is 4.79 Å². The SMILES string of the molecule is CC(OC(=O)NC([C]=O)C1=CCC=CC1)C1CC1. The van der Waals surface area contributed by atoms with E-state index in [1.54, 1.807) is 0 Å². The van der Waals surface area contributed by atoms with Gasteiger partial charge in [0.1, 0.15) is 12.1 Å². The highest BCUT2D eigenvalue weighted by Gasteiger charge is 2.31. The molecule has 4 heteroatoms. The van der Waals surface area contributed by atoms with E-state index < -0.39 is 12.1 Å². The van der Waals surface area contributed by atoms with Crippen molar-refractivity contribution in [3.05, 3.63) is 23.8 Å². The van der Waals surface area contributed by atoms with E-state index in [4.69, 9.17) is 4.74 Å². The number of rotatable bonds is 5. The second-order valence-electron chi connectivity index (χ2n) is 4.83. The van der Waals surface area contributed by atoms with Crippen LogP contribution in [0.2, 0.25) is 0 Å². The molecule has 18 heavy (non-hydrogen) atoms. The van der Waals surface area contributed by atoms with Crippen LogP contribution in [0.3, 0.4) is 0 Å². The number of alkyl carbamates (subject to hydrolysis) is 1. The lowest BCUT2D eigenvalue weighted by Crippen LogP contribution is -2.39. The number of nitrogens with one attached hydrogen (secondary N) is 1. The Bertz CT molecular complexity index is 383. The van der Waals surface area contributed by atoms with E-state index in [0.717, 1.165) is 24.8 Å². The molecule has 0 bridgehead atoms. The van der Waals surface area contributed by atoms with Crippen molar-refractivity contribution in [3.63, 3.8) is 0 Å². The van der Waals surface area contributed by atoms with E-state index in [1.165, 1.54) is 0 Å². The van der Waals surface area contributed by atoms with Gasteiger partial charge in [-0.2, -0.15) is 0 Å².